The molecule has 0 aliphatic carbocycles. The Bertz CT molecular complexity index is 581. The van der Waals surface area contributed by atoms with Crippen LogP contribution in [0, 0.1) is 0 Å². The molecule has 0 aliphatic heterocycles. The molecule has 0 radical (unpaired) electrons. The molecule has 0 atom stereocenters. The standard InChI is InChI=1S/C15H18N4O/c1-3-11-5-4-8-17-14(11)10-19-15(20)13-7-6-12(16-2)9-18-13/h4-9,16H,3,10H2,1-2H3,(H,19,20). The largest absolute Gasteiger partial charge is 0.387 e. The lowest BCUT2D eigenvalue weighted by Gasteiger charge is -2.08. The fraction of sp³-hybridized carbons (Fsp3) is 0.267. The highest BCUT2D eigenvalue weighted by Gasteiger charge is 2.08. The van der Waals surface area contributed by atoms with E-state index < -0.39 is 0 Å². The minimum atomic E-state index is -0.194. The first-order valence-corrected chi connectivity index (χ1v) is 6.59. The van der Waals surface area contributed by atoms with Crippen molar-refractivity contribution in [3.8, 4) is 0 Å². The molecule has 20 heavy (non-hydrogen) atoms. The number of amides is 1. The zero-order valence-electron chi connectivity index (χ0n) is 11.7. The predicted molar refractivity (Wildman–Crippen MR) is 78.6 cm³/mol. The van der Waals surface area contributed by atoms with Crippen molar-refractivity contribution >= 4 is 11.6 Å². The Morgan fingerprint density at radius 1 is 1.25 bits per heavy atom. The molecule has 0 bridgehead atoms. The number of aryl methyl sites for hydroxylation is 1. The second-order valence-electron chi connectivity index (χ2n) is 4.33. The number of rotatable bonds is 5. The summed E-state index contributed by atoms with van der Waals surface area (Å²) >= 11 is 0. The van der Waals surface area contributed by atoms with Gasteiger partial charge in [0.05, 0.1) is 24.1 Å². The molecular formula is C15H18N4O. The Hall–Kier alpha value is -2.43. The third-order valence-electron chi connectivity index (χ3n) is 3.07. The minimum absolute atomic E-state index is 0.194. The van der Waals surface area contributed by atoms with Gasteiger partial charge in [0.25, 0.3) is 5.91 Å². The summed E-state index contributed by atoms with van der Waals surface area (Å²) in [4.78, 5) is 20.4. The van der Waals surface area contributed by atoms with Crippen LogP contribution >= 0.6 is 0 Å². The van der Waals surface area contributed by atoms with E-state index in [4.69, 9.17) is 0 Å². The number of pyridine rings is 2. The number of carbonyl (C=O) groups excluding carboxylic acids is 1. The molecule has 0 aliphatic rings. The molecule has 0 fully saturated rings. The van der Waals surface area contributed by atoms with Gasteiger partial charge in [-0.25, -0.2) is 4.98 Å². The zero-order chi connectivity index (χ0) is 14.4. The lowest BCUT2D eigenvalue weighted by atomic mass is 10.1. The summed E-state index contributed by atoms with van der Waals surface area (Å²) in [5.41, 5.74) is 3.32. The van der Waals surface area contributed by atoms with Gasteiger partial charge in [-0.15, -0.1) is 0 Å². The van der Waals surface area contributed by atoms with Gasteiger partial charge in [-0.05, 0) is 30.2 Å². The van der Waals surface area contributed by atoms with Crippen molar-refractivity contribution in [1.29, 1.82) is 0 Å². The molecule has 0 saturated heterocycles. The SMILES string of the molecule is CCc1cccnc1CNC(=O)c1ccc(NC)cn1. The molecule has 0 unspecified atom stereocenters. The number of carbonyl (C=O) groups is 1. The van der Waals surface area contributed by atoms with E-state index in [1.165, 1.54) is 0 Å². The molecule has 5 nitrogen and oxygen atoms in total. The third-order valence-corrected chi connectivity index (χ3v) is 3.07. The zero-order valence-corrected chi connectivity index (χ0v) is 11.7. The molecule has 2 N–H and O–H groups in total. The molecule has 0 aromatic carbocycles. The van der Waals surface area contributed by atoms with Crippen molar-refractivity contribution in [2.24, 2.45) is 0 Å². The van der Waals surface area contributed by atoms with Gasteiger partial charge in [0.1, 0.15) is 5.69 Å². The van der Waals surface area contributed by atoms with Crippen LogP contribution in [0.15, 0.2) is 36.7 Å². The van der Waals surface area contributed by atoms with E-state index in [0.29, 0.717) is 12.2 Å². The molecule has 0 spiro atoms. The quantitative estimate of drug-likeness (QED) is 0.872. The van der Waals surface area contributed by atoms with Gasteiger partial charge < -0.3 is 10.6 Å². The molecule has 2 aromatic heterocycles. The average Bonchev–Trinajstić information content (AvgIpc) is 2.53. The fourth-order valence-corrected chi connectivity index (χ4v) is 1.88. The summed E-state index contributed by atoms with van der Waals surface area (Å²) < 4.78 is 0. The maximum Gasteiger partial charge on any atom is 0.270 e. The predicted octanol–water partition coefficient (Wildman–Crippen LogP) is 2.01. The maximum absolute atomic E-state index is 12.0. The van der Waals surface area contributed by atoms with Gasteiger partial charge in [-0.2, -0.15) is 0 Å². The van der Waals surface area contributed by atoms with Gasteiger partial charge in [0.2, 0.25) is 0 Å². The van der Waals surface area contributed by atoms with Crippen LogP contribution in [-0.4, -0.2) is 22.9 Å². The van der Waals surface area contributed by atoms with E-state index in [0.717, 1.165) is 23.4 Å². The number of anilines is 1. The number of nitrogens with one attached hydrogen (secondary N) is 2. The second kappa shape index (κ2) is 6.65. The van der Waals surface area contributed by atoms with Crippen molar-refractivity contribution < 1.29 is 4.79 Å². The summed E-state index contributed by atoms with van der Waals surface area (Å²) in [5.74, 6) is -0.194. The Morgan fingerprint density at radius 3 is 2.75 bits per heavy atom. The van der Waals surface area contributed by atoms with Crippen LogP contribution in [0.2, 0.25) is 0 Å². The van der Waals surface area contributed by atoms with Gasteiger partial charge in [-0.3, -0.25) is 9.78 Å². The van der Waals surface area contributed by atoms with E-state index in [9.17, 15) is 4.79 Å². The first kappa shape index (κ1) is 14.0. The number of aromatic nitrogens is 2. The first-order chi connectivity index (χ1) is 9.74. The second-order valence-corrected chi connectivity index (χ2v) is 4.33. The highest BCUT2D eigenvalue weighted by atomic mass is 16.1. The average molecular weight is 270 g/mol. The van der Waals surface area contributed by atoms with Crippen molar-refractivity contribution in [1.82, 2.24) is 15.3 Å². The number of nitrogens with zero attached hydrogens (tertiary/aromatic N) is 2. The Balaban J connectivity index is 2.01. The van der Waals surface area contributed by atoms with Crippen LogP contribution in [0.5, 0.6) is 0 Å². The Labute approximate surface area is 118 Å². The van der Waals surface area contributed by atoms with Crippen molar-refractivity contribution in [3.63, 3.8) is 0 Å². The molecular weight excluding hydrogens is 252 g/mol. The van der Waals surface area contributed by atoms with Crippen molar-refractivity contribution in [2.75, 3.05) is 12.4 Å². The Morgan fingerprint density at radius 2 is 2.10 bits per heavy atom. The topological polar surface area (TPSA) is 66.9 Å². The van der Waals surface area contributed by atoms with Gasteiger partial charge in [0.15, 0.2) is 0 Å². The van der Waals surface area contributed by atoms with Gasteiger partial charge in [0, 0.05) is 13.2 Å². The number of hydrogen-bond donors (Lipinski definition) is 2. The smallest absolute Gasteiger partial charge is 0.270 e. The van der Waals surface area contributed by atoms with E-state index in [2.05, 4.69) is 27.5 Å². The van der Waals surface area contributed by atoms with E-state index in [-0.39, 0.29) is 5.91 Å². The summed E-state index contributed by atoms with van der Waals surface area (Å²) in [7, 11) is 1.81. The first-order valence-electron chi connectivity index (χ1n) is 6.59. The molecule has 104 valence electrons. The molecule has 2 aromatic rings. The van der Waals surface area contributed by atoms with Crippen LogP contribution in [0.1, 0.15) is 28.7 Å². The van der Waals surface area contributed by atoms with Crippen LogP contribution in [0.25, 0.3) is 0 Å². The molecule has 0 saturated carbocycles. The summed E-state index contributed by atoms with van der Waals surface area (Å²) in [6.45, 7) is 2.48. The third kappa shape index (κ3) is 3.32. The van der Waals surface area contributed by atoms with Crippen LogP contribution in [0.4, 0.5) is 5.69 Å². The molecule has 2 heterocycles. The minimum Gasteiger partial charge on any atom is -0.387 e. The van der Waals surface area contributed by atoms with Gasteiger partial charge >= 0.3 is 0 Å². The lowest BCUT2D eigenvalue weighted by molar-refractivity contribution is 0.0945. The van der Waals surface area contributed by atoms with Crippen molar-refractivity contribution in [3.05, 3.63) is 53.6 Å². The van der Waals surface area contributed by atoms with E-state index in [1.54, 1.807) is 18.5 Å². The van der Waals surface area contributed by atoms with Crippen LogP contribution in [-0.2, 0) is 13.0 Å². The maximum atomic E-state index is 12.0. The highest BCUT2D eigenvalue weighted by molar-refractivity contribution is 5.92. The molecule has 1 amide bonds. The van der Waals surface area contributed by atoms with Crippen LogP contribution < -0.4 is 10.6 Å². The van der Waals surface area contributed by atoms with Crippen LogP contribution in [0.3, 0.4) is 0 Å². The normalized spacial score (nSPS) is 10.1. The number of hydrogen-bond acceptors (Lipinski definition) is 4. The highest BCUT2D eigenvalue weighted by Crippen LogP contribution is 2.07. The van der Waals surface area contributed by atoms with Gasteiger partial charge in [-0.1, -0.05) is 13.0 Å². The van der Waals surface area contributed by atoms with Crippen molar-refractivity contribution in [2.45, 2.75) is 19.9 Å². The lowest BCUT2D eigenvalue weighted by Crippen LogP contribution is -2.24. The fourth-order valence-electron chi connectivity index (χ4n) is 1.88. The molecule has 5 heteroatoms. The summed E-state index contributed by atoms with van der Waals surface area (Å²) in [5, 5.41) is 5.80. The van der Waals surface area contributed by atoms with E-state index in [1.807, 2.05) is 25.2 Å². The van der Waals surface area contributed by atoms with E-state index >= 15 is 0 Å². The molecule has 2 rings (SSSR count). The monoisotopic (exact) mass is 270 g/mol. The summed E-state index contributed by atoms with van der Waals surface area (Å²) in [6.07, 6.45) is 4.27. The Kier molecular flexibility index (Phi) is 4.65. The summed E-state index contributed by atoms with van der Waals surface area (Å²) in [6, 6.07) is 7.44.